The lowest BCUT2D eigenvalue weighted by Crippen LogP contribution is -2.12. The summed E-state index contributed by atoms with van der Waals surface area (Å²) in [6.07, 6.45) is 0. The topological polar surface area (TPSA) is 65.3 Å². The Kier molecular flexibility index (Phi) is 5.77. The average molecular weight is 282 g/mol. The number of ether oxygens (including phenoxy) is 1. The van der Waals surface area contributed by atoms with E-state index < -0.39 is 0 Å². The second-order valence-corrected chi connectivity index (χ2v) is 4.67. The normalized spacial score (nSPS) is 10.1. The third-order valence-corrected chi connectivity index (χ3v) is 3.06. The molecule has 0 aliphatic heterocycles. The molecule has 0 saturated carbocycles. The van der Waals surface area contributed by atoms with Crippen LogP contribution in [0.25, 0.3) is 0 Å². The Morgan fingerprint density at radius 2 is 1.71 bits per heavy atom. The monoisotopic (exact) mass is 282 g/mol. The Balaban J connectivity index is 1.81. The third-order valence-electron chi connectivity index (χ3n) is 3.06. The summed E-state index contributed by atoms with van der Waals surface area (Å²) in [4.78, 5) is 0. The fourth-order valence-electron chi connectivity index (χ4n) is 2.01. The van der Waals surface area contributed by atoms with E-state index in [0.717, 1.165) is 29.8 Å². The van der Waals surface area contributed by atoms with Crippen molar-refractivity contribution in [3.05, 3.63) is 65.2 Å². The van der Waals surface area contributed by atoms with Crippen molar-refractivity contribution in [3.8, 4) is 11.8 Å². The second kappa shape index (κ2) is 8.05. The van der Waals surface area contributed by atoms with Crippen LogP contribution in [-0.2, 0) is 19.7 Å². The summed E-state index contributed by atoms with van der Waals surface area (Å²) in [6, 6.07) is 17.5. The molecule has 2 aromatic carbocycles. The molecule has 0 fully saturated rings. The minimum Gasteiger partial charge on any atom is -0.479 e. The standard InChI is InChI=1S/C17H18N2O2/c18-8-9-21-17-6-4-14(5-7-17)11-19-12-15-2-1-3-16(10-15)13-20/h1-7,10,19-20H,9,11-13H2. The molecule has 0 radical (unpaired) electrons. The zero-order valence-corrected chi connectivity index (χ0v) is 11.7. The number of hydrogen-bond acceptors (Lipinski definition) is 4. The minimum atomic E-state index is 0.0675. The first-order valence-corrected chi connectivity index (χ1v) is 6.80. The molecule has 21 heavy (non-hydrogen) atoms. The number of nitrogens with zero attached hydrogens (tertiary/aromatic N) is 1. The zero-order valence-electron chi connectivity index (χ0n) is 11.7. The van der Waals surface area contributed by atoms with Gasteiger partial charge in [0.15, 0.2) is 6.61 Å². The summed E-state index contributed by atoms with van der Waals surface area (Å²) in [7, 11) is 0. The third kappa shape index (κ3) is 4.92. The molecule has 108 valence electrons. The van der Waals surface area contributed by atoms with Gasteiger partial charge in [0.05, 0.1) is 6.61 Å². The summed E-state index contributed by atoms with van der Waals surface area (Å²) >= 11 is 0. The summed E-state index contributed by atoms with van der Waals surface area (Å²) in [6.45, 7) is 1.64. The molecule has 0 aromatic heterocycles. The van der Waals surface area contributed by atoms with Crippen molar-refractivity contribution in [2.24, 2.45) is 0 Å². The van der Waals surface area contributed by atoms with E-state index in [1.165, 1.54) is 0 Å². The molecule has 0 saturated heterocycles. The highest BCUT2D eigenvalue weighted by molar-refractivity contribution is 5.27. The first-order valence-electron chi connectivity index (χ1n) is 6.80. The van der Waals surface area contributed by atoms with Crippen LogP contribution in [0.2, 0.25) is 0 Å². The summed E-state index contributed by atoms with van der Waals surface area (Å²) in [5.41, 5.74) is 3.22. The molecule has 2 rings (SSSR count). The van der Waals surface area contributed by atoms with Gasteiger partial charge in [-0.15, -0.1) is 0 Å². The van der Waals surface area contributed by atoms with Crippen molar-refractivity contribution in [2.45, 2.75) is 19.7 Å². The predicted octanol–water partition coefficient (Wildman–Crippen LogP) is 2.37. The lowest BCUT2D eigenvalue weighted by molar-refractivity contribution is 0.281. The van der Waals surface area contributed by atoms with Gasteiger partial charge in [-0.2, -0.15) is 5.26 Å². The molecular formula is C17H18N2O2. The molecule has 0 aliphatic rings. The van der Waals surface area contributed by atoms with Crippen LogP contribution in [0.3, 0.4) is 0 Å². The molecule has 0 atom stereocenters. The maximum absolute atomic E-state index is 9.10. The Morgan fingerprint density at radius 1 is 1.00 bits per heavy atom. The highest BCUT2D eigenvalue weighted by atomic mass is 16.5. The van der Waals surface area contributed by atoms with Gasteiger partial charge < -0.3 is 15.2 Å². The number of hydrogen-bond donors (Lipinski definition) is 2. The predicted molar refractivity (Wildman–Crippen MR) is 80.5 cm³/mol. The van der Waals surface area contributed by atoms with Gasteiger partial charge in [-0.1, -0.05) is 36.4 Å². The molecule has 4 heteroatoms. The van der Waals surface area contributed by atoms with E-state index in [0.29, 0.717) is 5.75 Å². The average Bonchev–Trinajstić information content (AvgIpc) is 2.54. The van der Waals surface area contributed by atoms with Crippen molar-refractivity contribution in [2.75, 3.05) is 6.61 Å². The quantitative estimate of drug-likeness (QED) is 0.818. The first-order chi connectivity index (χ1) is 10.3. The minimum absolute atomic E-state index is 0.0675. The summed E-state index contributed by atoms with van der Waals surface area (Å²) in [5, 5.41) is 20.9. The van der Waals surface area contributed by atoms with Crippen LogP contribution in [0.5, 0.6) is 5.75 Å². The van der Waals surface area contributed by atoms with Gasteiger partial charge >= 0.3 is 0 Å². The largest absolute Gasteiger partial charge is 0.479 e. The fourth-order valence-corrected chi connectivity index (χ4v) is 2.01. The van der Waals surface area contributed by atoms with E-state index in [4.69, 9.17) is 15.1 Å². The van der Waals surface area contributed by atoms with E-state index >= 15 is 0 Å². The van der Waals surface area contributed by atoms with E-state index in [9.17, 15) is 0 Å². The van der Waals surface area contributed by atoms with Crippen LogP contribution in [0.15, 0.2) is 48.5 Å². The van der Waals surface area contributed by atoms with Crippen LogP contribution in [-0.4, -0.2) is 11.7 Å². The van der Waals surface area contributed by atoms with Crippen LogP contribution in [0.4, 0.5) is 0 Å². The molecule has 0 heterocycles. The molecule has 2 aromatic rings. The van der Waals surface area contributed by atoms with Crippen LogP contribution in [0.1, 0.15) is 16.7 Å². The van der Waals surface area contributed by atoms with Crippen molar-refractivity contribution in [3.63, 3.8) is 0 Å². The molecular weight excluding hydrogens is 264 g/mol. The van der Waals surface area contributed by atoms with Crippen molar-refractivity contribution in [1.82, 2.24) is 5.32 Å². The van der Waals surface area contributed by atoms with Gasteiger partial charge in [-0.3, -0.25) is 0 Å². The maximum atomic E-state index is 9.10. The van der Waals surface area contributed by atoms with Gasteiger partial charge in [0, 0.05) is 13.1 Å². The second-order valence-electron chi connectivity index (χ2n) is 4.67. The van der Waals surface area contributed by atoms with E-state index in [1.807, 2.05) is 54.6 Å². The number of benzene rings is 2. The molecule has 2 N–H and O–H groups in total. The van der Waals surface area contributed by atoms with E-state index in [-0.39, 0.29) is 13.2 Å². The van der Waals surface area contributed by atoms with Gasteiger partial charge in [0.2, 0.25) is 0 Å². The highest BCUT2D eigenvalue weighted by Crippen LogP contribution is 2.12. The molecule has 4 nitrogen and oxygen atoms in total. The van der Waals surface area contributed by atoms with E-state index in [1.54, 1.807) is 0 Å². The van der Waals surface area contributed by atoms with E-state index in [2.05, 4.69) is 5.32 Å². The Morgan fingerprint density at radius 3 is 2.43 bits per heavy atom. The van der Waals surface area contributed by atoms with Gasteiger partial charge in [-0.05, 0) is 28.8 Å². The number of nitrogens with one attached hydrogen (secondary N) is 1. The van der Waals surface area contributed by atoms with Gasteiger partial charge in [0.25, 0.3) is 0 Å². The van der Waals surface area contributed by atoms with Gasteiger partial charge in [0.1, 0.15) is 11.8 Å². The number of nitriles is 1. The van der Waals surface area contributed by atoms with Crippen molar-refractivity contribution >= 4 is 0 Å². The smallest absolute Gasteiger partial charge is 0.174 e. The van der Waals surface area contributed by atoms with Crippen LogP contribution in [0, 0.1) is 11.3 Å². The van der Waals surface area contributed by atoms with Crippen LogP contribution >= 0.6 is 0 Å². The number of rotatable bonds is 7. The van der Waals surface area contributed by atoms with Crippen molar-refractivity contribution < 1.29 is 9.84 Å². The molecule has 0 bridgehead atoms. The highest BCUT2D eigenvalue weighted by Gasteiger charge is 1.98. The number of aliphatic hydroxyl groups excluding tert-OH is 1. The maximum Gasteiger partial charge on any atom is 0.174 e. The molecule has 0 unspecified atom stereocenters. The fraction of sp³-hybridized carbons (Fsp3) is 0.235. The lowest BCUT2D eigenvalue weighted by atomic mass is 10.1. The SMILES string of the molecule is N#CCOc1ccc(CNCc2cccc(CO)c2)cc1. The molecule has 0 aliphatic carbocycles. The van der Waals surface area contributed by atoms with Crippen LogP contribution < -0.4 is 10.1 Å². The summed E-state index contributed by atoms with van der Waals surface area (Å²) in [5.74, 6) is 0.705. The van der Waals surface area contributed by atoms with Crippen molar-refractivity contribution in [1.29, 1.82) is 5.26 Å². The molecule has 0 amide bonds. The molecule has 0 spiro atoms. The Labute approximate surface area is 124 Å². The van der Waals surface area contributed by atoms with Gasteiger partial charge in [-0.25, -0.2) is 0 Å². The Bertz CT molecular complexity index is 603. The lowest BCUT2D eigenvalue weighted by Gasteiger charge is -2.07. The summed E-state index contributed by atoms with van der Waals surface area (Å²) < 4.78 is 5.20. The Hall–Kier alpha value is -2.35. The first kappa shape index (κ1) is 15.0. The number of aliphatic hydroxyl groups is 1. The zero-order chi connectivity index (χ0) is 14.9.